The van der Waals surface area contributed by atoms with Crippen molar-refractivity contribution < 1.29 is 4.42 Å². The highest BCUT2D eigenvalue weighted by Crippen LogP contribution is 2.14. The molecule has 0 saturated carbocycles. The highest BCUT2D eigenvalue weighted by molar-refractivity contribution is 5.17. The molecule has 0 amide bonds. The van der Waals surface area contributed by atoms with Gasteiger partial charge in [-0.25, -0.2) is 0 Å². The predicted octanol–water partition coefficient (Wildman–Crippen LogP) is 1.14. The van der Waals surface area contributed by atoms with E-state index in [-0.39, 0.29) is 0 Å². The maximum absolute atomic E-state index is 5.53. The van der Waals surface area contributed by atoms with E-state index in [1.165, 1.54) is 18.7 Å². The second-order valence-electron chi connectivity index (χ2n) is 4.73. The summed E-state index contributed by atoms with van der Waals surface area (Å²) in [6.45, 7) is 9.60. The molecule has 96 valence electrons. The van der Waals surface area contributed by atoms with Gasteiger partial charge < -0.3 is 14.6 Å². The smallest absolute Gasteiger partial charge is 0.122 e. The number of rotatable bonds is 5. The van der Waals surface area contributed by atoms with E-state index in [1.54, 1.807) is 6.26 Å². The molecule has 0 spiro atoms. The summed E-state index contributed by atoms with van der Waals surface area (Å²) in [5.41, 5.74) is 1.33. The number of hydrogen-bond acceptors (Lipinski definition) is 4. The van der Waals surface area contributed by atoms with Crippen LogP contribution in [-0.2, 0) is 13.1 Å². The van der Waals surface area contributed by atoms with E-state index in [9.17, 15) is 0 Å². The number of furan rings is 1. The van der Waals surface area contributed by atoms with E-state index in [0.29, 0.717) is 0 Å². The summed E-state index contributed by atoms with van der Waals surface area (Å²) in [7, 11) is 2.19. The van der Waals surface area contributed by atoms with Gasteiger partial charge in [-0.1, -0.05) is 6.92 Å². The van der Waals surface area contributed by atoms with Gasteiger partial charge in [0.05, 0.1) is 12.8 Å². The van der Waals surface area contributed by atoms with Crippen LogP contribution in [0.1, 0.15) is 18.2 Å². The van der Waals surface area contributed by atoms with Crippen molar-refractivity contribution in [1.82, 2.24) is 15.1 Å². The monoisotopic (exact) mass is 237 g/mol. The molecular weight excluding hydrogens is 214 g/mol. The summed E-state index contributed by atoms with van der Waals surface area (Å²) in [5, 5.41) is 3.31. The highest BCUT2D eigenvalue weighted by atomic mass is 16.3. The van der Waals surface area contributed by atoms with Gasteiger partial charge in [0, 0.05) is 38.3 Å². The number of piperazine rings is 1. The topological polar surface area (TPSA) is 31.7 Å². The van der Waals surface area contributed by atoms with Crippen LogP contribution in [-0.4, -0.2) is 49.6 Å². The normalized spacial score (nSPS) is 18.7. The summed E-state index contributed by atoms with van der Waals surface area (Å²) in [6.07, 6.45) is 1.80. The Morgan fingerprint density at radius 2 is 2.06 bits per heavy atom. The summed E-state index contributed by atoms with van der Waals surface area (Å²) < 4.78 is 5.53. The molecule has 0 radical (unpaired) electrons. The third-order valence-corrected chi connectivity index (χ3v) is 3.36. The minimum Gasteiger partial charge on any atom is -0.468 e. The third kappa shape index (κ3) is 3.56. The van der Waals surface area contributed by atoms with Gasteiger partial charge in [-0.2, -0.15) is 0 Å². The van der Waals surface area contributed by atoms with Gasteiger partial charge in [-0.15, -0.1) is 0 Å². The minimum atomic E-state index is 0.840. The number of nitrogens with one attached hydrogen (secondary N) is 1. The Bertz CT molecular complexity index is 329. The fourth-order valence-electron chi connectivity index (χ4n) is 2.15. The van der Waals surface area contributed by atoms with E-state index in [2.05, 4.69) is 35.2 Å². The van der Waals surface area contributed by atoms with E-state index in [0.717, 1.165) is 38.5 Å². The predicted molar refractivity (Wildman–Crippen MR) is 68.9 cm³/mol. The molecule has 1 aliphatic heterocycles. The molecule has 2 heterocycles. The molecule has 4 heteroatoms. The Balaban J connectivity index is 1.87. The van der Waals surface area contributed by atoms with Crippen molar-refractivity contribution in [3.8, 4) is 0 Å². The lowest BCUT2D eigenvalue weighted by Crippen LogP contribution is -2.43. The Labute approximate surface area is 104 Å². The quantitative estimate of drug-likeness (QED) is 0.832. The molecule has 1 aliphatic rings. The van der Waals surface area contributed by atoms with Crippen LogP contribution in [0.15, 0.2) is 16.7 Å². The van der Waals surface area contributed by atoms with Gasteiger partial charge in [-0.05, 0) is 19.7 Å². The van der Waals surface area contributed by atoms with Crippen LogP contribution in [0.4, 0.5) is 0 Å². The zero-order chi connectivity index (χ0) is 12.1. The Morgan fingerprint density at radius 1 is 1.29 bits per heavy atom. The molecule has 0 aliphatic carbocycles. The molecule has 1 aromatic heterocycles. The van der Waals surface area contributed by atoms with Crippen molar-refractivity contribution >= 4 is 0 Å². The van der Waals surface area contributed by atoms with Gasteiger partial charge in [0.25, 0.3) is 0 Å². The average Bonchev–Trinajstić information content (AvgIpc) is 2.77. The molecule has 0 bridgehead atoms. The lowest BCUT2D eigenvalue weighted by Gasteiger charge is -2.32. The summed E-state index contributed by atoms with van der Waals surface area (Å²) in [4.78, 5) is 4.88. The second-order valence-corrected chi connectivity index (χ2v) is 4.73. The SMILES string of the molecule is CCNCc1occc1CN1CCN(C)CC1. The zero-order valence-electron chi connectivity index (χ0n) is 10.9. The third-order valence-electron chi connectivity index (χ3n) is 3.36. The van der Waals surface area contributed by atoms with Gasteiger partial charge in [0.2, 0.25) is 0 Å². The standard InChI is InChI=1S/C13H23N3O/c1-3-14-10-13-12(4-9-17-13)11-16-7-5-15(2)6-8-16/h4,9,14H,3,5-8,10-11H2,1-2H3. The van der Waals surface area contributed by atoms with E-state index < -0.39 is 0 Å². The van der Waals surface area contributed by atoms with Crippen LogP contribution in [0.25, 0.3) is 0 Å². The maximum atomic E-state index is 5.53. The minimum absolute atomic E-state index is 0.840. The lowest BCUT2D eigenvalue weighted by atomic mass is 10.2. The van der Waals surface area contributed by atoms with Crippen molar-refractivity contribution in [2.45, 2.75) is 20.0 Å². The molecule has 1 saturated heterocycles. The fourth-order valence-corrected chi connectivity index (χ4v) is 2.15. The van der Waals surface area contributed by atoms with Crippen molar-refractivity contribution in [3.05, 3.63) is 23.7 Å². The first-order valence-electron chi connectivity index (χ1n) is 6.46. The Kier molecular flexibility index (Phi) is 4.59. The molecule has 0 atom stereocenters. The zero-order valence-corrected chi connectivity index (χ0v) is 10.9. The van der Waals surface area contributed by atoms with Crippen molar-refractivity contribution in [3.63, 3.8) is 0 Å². The molecule has 1 N–H and O–H groups in total. The summed E-state index contributed by atoms with van der Waals surface area (Å²) in [6, 6.07) is 2.10. The molecule has 0 unspecified atom stereocenters. The number of likely N-dealkylation sites (N-methyl/N-ethyl adjacent to an activating group) is 1. The lowest BCUT2D eigenvalue weighted by molar-refractivity contribution is 0.147. The summed E-state index contributed by atoms with van der Waals surface area (Å²) >= 11 is 0. The second kappa shape index (κ2) is 6.19. The van der Waals surface area contributed by atoms with E-state index in [1.807, 2.05) is 0 Å². The van der Waals surface area contributed by atoms with Gasteiger partial charge in [-0.3, -0.25) is 4.90 Å². The van der Waals surface area contributed by atoms with Crippen LogP contribution in [0.2, 0.25) is 0 Å². The summed E-state index contributed by atoms with van der Waals surface area (Å²) in [5.74, 6) is 1.09. The number of hydrogen-bond donors (Lipinski definition) is 1. The fraction of sp³-hybridized carbons (Fsp3) is 0.692. The first kappa shape index (κ1) is 12.6. The van der Waals surface area contributed by atoms with Crippen LogP contribution >= 0.6 is 0 Å². The van der Waals surface area contributed by atoms with Crippen LogP contribution in [0, 0.1) is 0 Å². The molecule has 4 nitrogen and oxygen atoms in total. The van der Waals surface area contributed by atoms with Crippen molar-refractivity contribution in [2.24, 2.45) is 0 Å². The molecule has 0 aromatic carbocycles. The van der Waals surface area contributed by atoms with Crippen molar-refractivity contribution in [2.75, 3.05) is 39.8 Å². The van der Waals surface area contributed by atoms with Gasteiger partial charge in [0.15, 0.2) is 0 Å². The molecule has 1 fully saturated rings. The molecule has 1 aromatic rings. The number of nitrogens with zero attached hydrogens (tertiary/aromatic N) is 2. The van der Waals surface area contributed by atoms with E-state index in [4.69, 9.17) is 4.42 Å². The van der Waals surface area contributed by atoms with Crippen LogP contribution in [0.5, 0.6) is 0 Å². The van der Waals surface area contributed by atoms with E-state index >= 15 is 0 Å². The maximum Gasteiger partial charge on any atom is 0.122 e. The Morgan fingerprint density at radius 3 is 2.76 bits per heavy atom. The molecule has 2 rings (SSSR count). The van der Waals surface area contributed by atoms with Gasteiger partial charge in [0.1, 0.15) is 5.76 Å². The van der Waals surface area contributed by atoms with Crippen molar-refractivity contribution in [1.29, 1.82) is 0 Å². The van der Waals surface area contributed by atoms with Gasteiger partial charge >= 0.3 is 0 Å². The average molecular weight is 237 g/mol. The van der Waals surface area contributed by atoms with Crippen LogP contribution < -0.4 is 5.32 Å². The first-order valence-corrected chi connectivity index (χ1v) is 6.46. The molecule has 17 heavy (non-hydrogen) atoms. The molecular formula is C13H23N3O. The largest absolute Gasteiger partial charge is 0.468 e. The van der Waals surface area contributed by atoms with Crippen LogP contribution in [0.3, 0.4) is 0 Å². The highest BCUT2D eigenvalue weighted by Gasteiger charge is 2.16. The Hall–Kier alpha value is -0.840. The first-order chi connectivity index (χ1) is 8.29.